The summed E-state index contributed by atoms with van der Waals surface area (Å²) in [6, 6.07) is 89.1. The van der Waals surface area contributed by atoms with Crippen molar-refractivity contribution >= 4 is 49.6 Å². The standard InChI is InChI=1S/C59H40N2/c1-4-19-45(20-5-1)59(46-21-6-2-7-22-46)53-27-14-12-26-52(53)58-54(59)28-16-30-56(58)60(48-35-33-42(34-36-48)44-32-31-41-17-10-11-18-43(41)39-44)49-37-38-51-50-25-13-15-29-55(50)61(57(51)40-49)47-23-8-3-9-24-47/h1-40H. The van der Waals surface area contributed by atoms with Gasteiger partial charge < -0.3 is 9.47 Å². The first-order chi connectivity index (χ1) is 30.3. The van der Waals surface area contributed by atoms with Gasteiger partial charge in [0.15, 0.2) is 0 Å². The summed E-state index contributed by atoms with van der Waals surface area (Å²) in [7, 11) is 0. The van der Waals surface area contributed by atoms with E-state index in [1.165, 1.54) is 77.1 Å². The van der Waals surface area contributed by atoms with Gasteiger partial charge in [0.05, 0.1) is 22.1 Å². The van der Waals surface area contributed by atoms with Crippen molar-refractivity contribution < 1.29 is 0 Å². The number of rotatable bonds is 7. The van der Waals surface area contributed by atoms with Crippen LogP contribution in [0.2, 0.25) is 0 Å². The van der Waals surface area contributed by atoms with Gasteiger partial charge in [-0.1, -0.05) is 188 Å². The van der Waals surface area contributed by atoms with Crippen LogP contribution in [-0.4, -0.2) is 4.57 Å². The number of anilines is 3. The number of hydrogen-bond acceptors (Lipinski definition) is 1. The molecule has 0 atom stereocenters. The van der Waals surface area contributed by atoms with Crippen molar-refractivity contribution in [3.63, 3.8) is 0 Å². The van der Waals surface area contributed by atoms with Crippen molar-refractivity contribution in [1.29, 1.82) is 0 Å². The predicted molar refractivity (Wildman–Crippen MR) is 256 cm³/mol. The molecule has 12 rings (SSSR count). The Hall–Kier alpha value is -7.94. The zero-order chi connectivity index (χ0) is 40.3. The molecule has 1 aliphatic rings. The lowest BCUT2D eigenvalue weighted by atomic mass is 9.68. The number of hydrogen-bond donors (Lipinski definition) is 0. The summed E-state index contributed by atoms with van der Waals surface area (Å²) in [4.78, 5) is 2.48. The fourth-order valence-corrected chi connectivity index (χ4v) is 10.2. The molecule has 0 saturated carbocycles. The number of fused-ring (bicyclic) bond motifs is 7. The third-order valence-corrected chi connectivity index (χ3v) is 12.8. The number of nitrogens with zero attached hydrogens (tertiary/aromatic N) is 2. The Balaban J connectivity index is 1.13. The maximum atomic E-state index is 2.48. The lowest BCUT2D eigenvalue weighted by Gasteiger charge is -2.34. The molecule has 0 saturated heterocycles. The molecule has 2 nitrogen and oxygen atoms in total. The second-order valence-electron chi connectivity index (χ2n) is 16.1. The van der Waals surface area contributed by atoms with Gasteiger partial charge in [0.25, 0.3) is 0 Å². The summed E-state index contributed by atoms with van der Waals surface area (Å²) in [6.45, 7) is 0. The van der Waals surface area contributed by atoms with Crippen molar-refractivity contribution in [2.75, 3.05) is 4.90 Å². The van der Waals surface area contributed by atoms with E-state index in [4.69, 9.17) is 0 Å². The molecular weight excluding hydrogens is 737 g/mol. The van der Waals surface area contributed by atoms with Crippen LogP contribution in [0.3, 0.4) is 0 Å². The van der Waals surface area contributed by atoms with E-state index in [0.717, 1.165) is 22.7 Å². The summed E-state index contributed by atoms with van der Waals surface area (Å²) < 4.78 is 2.41. The highest BCUT2D eigenvalue weighted by Crippen LogP contribution is 2.59. The van der Waals surface area contributed by atoms with E-state index >= 15 is 0 Å². The van der Waals surface area contributed by atoms with Crippen LogP contribution < -0.4 is 4.90 Å². The van der Waals surface area contributed by atoms with Gasteiger partial charge in [-0.3, -0.25) is 0 Å². The van der Waals surface area contributed by atoms with Crippen LogP contribution in [0, 0.1) is 0 Å². The minimum Gasteiger partial charge on any atom is -0.310 e. The quantitative estimate of drug-likeness (QED) is 0.156. The van der Waals surface area contributed by atoms with Crippen LogP contribution in [0.4, 0.5) is 17.1 Å². The van der Waals surface area contributed by atoms with Gasteiger partial charge in [0, 0.05) is 33.4 Å². The van der Waals surface area contributed by atoms with E-state index < -0.39 is 5.41 Å². The van der Waals surface area contributed by atoms with Gasteiger partial charge in [0.1, 0.15) is 0 Å². The van der Waals surface area contributed by atoms with Crippen LogP contribution in [0.25, 0.3) is 60.5 Å². The maximum Gasteiger partial charge on any atom is 0.0714 e. The molecule has 1 heterocycles. The summed E-state index contributed by atoms with van der Waals surface area (Å²) in [6.07, 6.45) is 0. The average Bonchev–Trinajstić information content (AvgIpc) is 3.83. The van der Waals surface area contributed by atoms with Gasteiger partial charge >= 0.3 is 0 Å². The second kappa shape index (κ2) is 14.1. The first kappa shape index (κ1) is 35.0. The molecule has 0 bridgehead atoms. The van der Waals surface area contributed by atoms with Crippen molar-refractivity contribution in [3.05, 3.63) is 265 Å². The largest absolute Gasteiger partial charge is 0.310 e. The van der Waals surface area contributed by atoms with Crippen LogP contribution in [0.5, 0.6) is 0 Å². The Morgan fingerprint density at radius 3 is 1.72 bits per heavy atom. The van der Waals surface area contributed by atoms with Crippen LogP contribution in [-0.2, 0) is 5.41 Å². The van der Waals surface area contributed by atoms with Gasteiger partial charge in [-0.15, -0.1) is 0 Å². The van der Waals surface area contributed by atoms with E-state index in [-0.39, 0.29) is 0 Å². The zero-order valence-corrected chi connectivity index (χ0v) is 33.5. The monoisotopic (exact) mass is 776 g/mol. The molecule has 0 aliphatic heterocycles. The Morgan fingerprint density at radius 1 is 0.361 bits per heavy atom. The number of benzene rings is 10. The minimum absolute atomic E-state index is 0.514. The van der Waals surface area contributed by atoms with E-state index in [1.807, 2.05) is 0 Å². The number of aromatic nitrogens is 1. The molecule has 0 fully saturated rings. The molecule has 1 aromatic heterocycles. The summed E-state index contributed by atoms with van der Waals surface area (Å²) >= 11 is 0. The third kappa shape index (κ3) is 5.43. The Morgan fingerprint density at radius 2 is 0.951 bits per heavy atom. The molecular formula is C59H40N2. The van der Waals surface area contributed by atoms with Crippen molar-refractivity contribution in [2.24, 2.45) is 0 Å². The SMILES string of the molecule is c1ccc(-n2c3ccccc3c3ccc(N(c4ccc(-c5ccc6ccccc6c5)cc4)c4cccc5c4-c4ccccc4C5(c4ccccc4)c4ccccc4)cc32)cc1. The van der Waals surface area contributed by atoms with E-state index in [0.29, 0.717) is 0 Å². The lowest BCUT2D eigenvalue weighted by molar-refractivity contribution is 0.768. The first-order valence-corrected chi connectivity index (χ1v) is 21.1. The summed E-state index contributed by atoms with van der Waals surface area (Å²) in [5, 5.41) is 4.96. The Bertz CT molecular complexity index is 3360. The summed E-state index contributed by atoms with van der Waals surface area (Å²) in [5.41, 5.74) is 16.3. The Kier molecular flexibility index (Phi) is 8.11. The molecule has 1 aliphatic carbocycles. The highest BCUT2D eigenvalue weighted by Gasteiger charge is 2.47. The van der Waals surface area contributed by atoms with Crippen LogP contribution >= 0.6 is 0 Å². The molecule has 11 aromatic rings. The van der Waals surface area contributed by atoms with Gasteiger partial charge in [-0.25, -0.2) is 0 Å². The Labute approximate surface area is 355 Å². The predicted octanol–water partition coefficient (Wildman–Crippen LogP) is 15.4. The smallest absolute Gasteiger partial charge is 0.0714 e. The molecule has 0 spiro atoms. The molecule has 61 heavy (non-hydrogen) atoms. The van der Waals surface area contributed by atoms with Crippen molar-refractivity contribution in [2.45, 2.75) is 5.41 Å². The maximum absolute atomic E-state index is 2.48. The van der Waals surface area contributed by atoms with Crippen molar-refractivity contribution in [3.8, 4) is 27.9 Å². The van der Waals surface area contributed by atoms with Crippen molar-refractivity contribution in [1.82, 2.24) is 4.57 Å². The molecule has 0 radical (unpaired) electrons. The minimum atomic E-state index is -0.514. The summed E-state index contributed by atoms with van der Waals surface area (Å²) in [5.74, 6) is 0. The molecule has 0 N–H and O–H groups in total. The highest BCUT2D eigenvalue weighted by molar-refractivity contribution is 6.11. The van der Waals surface area contributed by atoms with E-state index in [1.54, 1.807) is 0 Å². The number of para-hydroxylation sites is 2. The van der Waals surface area contributed by atoms with Gasteiger partial charge in [0.2, 0.25) is 0 Å². The van der Waals surface area contributed by atoms with Crippen LogP contribution in [0.1, 0.15) is 22.3 Å². The first-order valence-electron chi connectivity index (χ1n) is 21.1. The van der Waals surface area contributed by atoms with E-state index in [2.05, 4.69) is 252 Å². The third-order valence-electron chi connectivity index (χ3n) is 12.8. The molecule has 0 amide bonds. The fourth-order valence-electron chi connectivity index (χ4n) is 10.2. The second-order valence-corrected chi connectivity index (χ2v) is 16.1. The van der Waals surface area contributed by atoms with Gasteiger partial charge in [-0.2, -0.15) is 0 Å². The van der Waals surface area contributed by atoms with Crippen LogP contribution in [0.15, 0.2) is 243 Å². The molecule has 0 unspecified atom stereocenters. The average molecular weight is 777 g/mol. The topological polar surface area (TPSA) is 8.17 Å². The lowest BCUT2D eigenvalue weighted by Crippen LogP contribution is -2.28. The van der Waals surface area contributed by atoms with E-state index in [9.17, 15) is 0 Å². The molecule has 2 heteroatoms. The van der Waals surface area contributed by atoms with Gasteiger partial charge in [-0.05, 0) is 104 Å². The zero-order valence-electron chi connectivity index (χ0n) is 33.5. The fraction of sp³-hybridized carbons (Fsp3) is 0.0169. The molecule has 10 aromatic carbocycles. The normalized spacial score (nSPS) is 12.7. The highest BCUT2D eigenvalue weighted by atomic mass is 15.1. The molecule has 286 valence electrons.